The molecular formula is C80H141N7O26. The van der Waals surface area contributed by atoms with Gasteiger partial charge in [0.05, 0.1) is 78.7 Å². The van der Waals surface area contributed by atoms with E-state index in [1.54, 1.807) is 0 Å². The molecule has 0 unspecified atom stereocenters. The lowest BCUT2D eigenvalue weighted by Gasteiger charge is -2.18. The van der Waals surface area contributed by atoms with Crippen LogP contribution in [0.1, 0.15) is 264 Å². The number of carboxylic acid groups (broad SMARTS) is 4. The van der Waals surface area contributed by atoms with Crippen molar-refractivity contribution >= 4 is 82.5 Å². The predicted molar refractivity (Wildman–Crippen MR) is 420 cm³/mol. The molecule has 113 heavy (non-hydrogen) atoms. The molecule has 0 fully saturated rings. The van der Waals surface area contributed by atoms with E-state index in [9.17, 15) is 77.3 Å². The van der Waals surface area contributed by atoms with Crippen molar-refractivity contribution in [3.63, 3.8) is 0 Å². The van der Waals surface area contributed by atoms with Crippen molar-refractivity contribution in [3.05, 3.63) is 0 Å². The number of ketones is 4. The van der Waals surface area contributed by atoms with Gasteiger partial charge in [0.25, 0.3) is 0 Å². The Kier molecular flexibility index (Phi) is 71.6. The van der Waals surface area contributed by atoms with Crippen LogP contribution in [0.3, 0.4) is 0 Å². The molecule has 0 saturated heterocycles. The molecule has 33 heteroatoms. The number of unbranched alkanes of at least 4 members (excludes halogenated alkanes) is 20. The summed E-state index contributed by atoms with van der Waals surface area (Å²) in [6, 6.07) is -2.78. The zero-order chi connectivity index (χ0) is 83.4. The van der Waals surface area contributed by atoms with E-state index >= 15 is 0 Å². The van der Waals surface area contributed by atoms with Crippen LogP contribution in [0, 0.1) is 5.92 Å². The van der Waals surface area contributed by atoms with Crippen molar-refractivity contribution in [1.82, 2.24) is 37.2 Å². The minimum atomic E-state index is -1.19. The van der Waals surface area contributed by atoms with Crippen LogP contribution in [0.25, 0.3) is 0 Å². The average Bonchev–Trinajstić information content (AvgIpc) is 0.927. The highest BCUT2D eigenvalue weighted by Crippen LogP contribution is 2.17. The highest BCUT2D eigenvalue weighted by molar-refractivity contribution is 5.87. The summed E-state index contributed by atoms with van der Waals surface area (Å²) in [5, 5.41) is 55.6. The molecule has 0 spiro atoms. The number of hydrogen-bond donors (Lipinski definition) is 11. The molecule has 0 aromatic heterocycles. The maximum Gasteiger partial charge on any atom is 0.326 e. The topological polar surface area (TPSA) is 478 Å². The third kappa shape index (κ3) is 72.5. The minimum absolute atomic E-state index is 0.000623. The van der Waals surface area contributed by atoms with Gasteiger partial charge in [-0.3, -0.25) is 57.5 Å². The summed E-state index contributed by atoms with van der Waals surface area (Å²) in [6.07, 6.45) is 25.6. The molecule has 0 bridgehead atoms. The molecule has 6 amide bonds. The molecule has 0 aliphatic heterocycles. The Balaban J connectivity index is 3.87. The monoisotopic (exact) mass is 1620 g/mol. The first kappa shape index (κ1) is 106. The zero-order valence-electron chi connectivity index (χ0n) is 68.0. The van der Waals surface area contributed by atoms with Crippen LogP contribution in [0.2, 0.25) is 0 Å². The van der Waals surface area contributed by atoms with Crippen molar-refractivity contribution in [2.45, 2.75) is 282 Å². The largest absolute Gasteiger partial charge is 0.481 e. The van der Waals surface area contributed by atoms with Gasteiger partial charge in [-0.2, -0.15) is 0 Å². The Morgan fingerprint density at radius 3 is 0.920 bits per heavy atom. The number of carboxylic acids is 4. The molecule has 4 atom stereocenters. The van der Waals surface area contributed by atoms with Gasteiger partial charge in [-0.05, 0) is 96.8 Å². The van der Waals surface area contributed by atoms with Gasteiger partial charge >= 0.3 is 23.9 Å². The van der Waals surface area contributed by atoms with Gasteiger partial charge in [0.2, 0.25) is 35.4 Å². The van der Waals surface area contributed by atoms with E-state index in [2.05, 4.69) is 37.2 Å². The lowest BCUT2D eigenvalue weighted by Crippen LogP contribution is -2.41. The van der Waals surface area contributed by atoms with Gasteiger partial charge in [-0.1, -0.05) is 116 Å². The van der Waals surface area contributed by atoms with E-state index < -0.39 is 42.0 Å². The van der Waals surface area contributed by atoms with E-state index in [0.717, 1.165) is 103 Å². The number of aliphatic carboxylic acids is 4. The first-order valence-corrected chi connectivity index (χ1v) is 41.5. The minimum Gasteiger partial charge on any atom is -0.481 e. The Hall–Kier alpha value is -6.98. The molecule has 0 rings (SSSR count). The number of ether oxygens (including phenoxy) is 8. The molecule has 0 saturated carbocycles. The van der Waals surface area contributed by atoms with Crippen LogP contribution in [-0.2, 0) is 105 Å². The normalized spacial score (nSPS) is 12.3. The van der Waals surface area contributed by atoms with Gasteiger partial charge in [-0.25, -0.2) is 9.59 Å². The lowest BCUT2D eigenvalue weighted by molar-refractivity contribution is -0.142. The SMILES string of the molecule is CC[C@@H](CCCCNC(=O)COCCOCCNC(=O)COCCOCCCC(=O)CC[C@H](NC(=O)CCCCCCCCCCCCC(=O)O)C(=O)O)C(=O)CN[C@@H](CCCCNC(=O)COCCOCCNC(=O)COCCOCCCC(=O)CC[C@H](NC(=O)CCCCCCCCCCCCC(=O)O)C(=O)O)C(C)=O. The van der Waals surface area contributed by atoms with Crippen molar-refractivity contribution < 1.29 is 125 Å². The third-order valence-corrected chi connectivity index (χ3v) is 18.3. The second kappa shape index (κ2) is 76.3. The van der Waals surface area contributed by atoms with Gasteiger partial charge in [-0.15, -0.1) is 0 Å². The summed E-state index contributed by atoms with van der Waals surface area (Å²) < 4.78 is 43.3. The zero-order valence-corrected chi connectivity index (χ0v) is 68.0. The number of nitrogens with one attached hydrogen (secondary N) is 7. The molecule has 33 nitrogen and oxygen atoms in total. The summed E-state index contributed by atoms with van der Waals surface area (Å²) in [6.45, 7) is 6.45. The van der Waals surface area contributed by atoms with Crippen LogP contribution in [0.4, 0.5) is 0 Å². The van der Waals surface area contributed by atoms with Crippen molar-refractivity contribution in [3.8, 4) is 0 Å². The molecular weight excluding hydrogens is 1470 g/mol. The fraction of sp³-hybridized carbons (Fsp3) is 0.825. The van der Waals surface area contributed by atoms with E-state index in [1.165, 1.54) is 6.92 Å². The number of carbonyl (C=O) groups is 14. The maximum atomic E-state index is 13.1. The molecule has 652 valence electrons. The van der Waals surface area contributed by atoms with Gasteiger partial charge in [0.1, 0.15) is 61.6 Å². The highest BCUT2D eigenvalue weighted by atomic mass is 16.5. The molecule has 0 aromatic rings. The molecule has 0 heterocycles. The van der Waals surface area contributed by atoms with E-state index in [1.807, 2.05) is 6.92 Å². The summed E-state index contributed by atoms with van der Waals surface area (Å²) >= 11 is 0. The molecule has 0 aromatic carbocycles. The summed E-state index contributed by atoms with van der Waals surface area (Å²) in [5.41, 5.74) is 0. The van der Waals surface area contributed by atoms with Gasteiger partial charge < -0.3 is 95.5 Å². The van der Waals surface area contributed by atoms with Crippen LogP contribution in [0.15, 0.2) is 0 Å². The smallest absolute Gasteiger partial charge is 0.326 e. The van der Waals surface area contributed by atoms with Crippen LogP contribution in [0.5, 0.6) is 0 Å². The highest BCUT2D eigenvalue weighted by Gasteiger charge is 2.24. The van der Waals surface area contributed by atoms with Crippen LogP contribution >= 0.6 is 0 Å². The Morgan fingerprint density at radius 2 is 0.593 bits per heavy atom. The Labute approximate surface area is 669 Å². The van der Waals surface area contributed by atoms with Crippen molar-refractivity contribution in [2.75, 3.05) is 138 Å². The summed E-state index contributed by atoms with van der Waals surface area (Å²) in [5.74, 6) is -6.40. The quantitative estimate of drug-likeness (QED) is 0.0273. The van der Waals surface area contributed by atoms with E-state index in [4.69, 9.17) is 48.1 Å². The lowest BCUT2D eigenvalue weighted by atomic mass is 9.94. The van der Waals surface area contributed by atoms with E-state index in [0.29, 0.717) is 96.6 Å². The van der Waals surface area contributed by atoms with Gasteiger partial charge in [0.15, 0.2) is 0 Å². The summed E-state index contributed by atoms with van der Waals surface area (Å²) in [7, 11) is 0. The molecule has 0 radical (unpaired) electrons. The molecule has 0 aliphatic carbocycles. The third-order valence-electron chi connectivity index (χ3n) is 18.3. The predicted octanol–water partition coefficient (Wildman–Crippen LogP) is 7.00. The number of carbonyl (C=O) groups excluding carboxylic acids is 10. The van der Waals surface area contributed by atoms with Crippen LogP contribution < -0.4 is 37.2 Å². The average molecular weight is 1620 g/mol. The Bertz CT molecular complexity index is 2600. The fourth-order valence-corrected chi connectivity index (χ4v) is 11.7. The van der Waals surface area contributed by atoms with E-state index in [-0.39, 0.29) is 254 Å². The standard InChI is InChI=1S/C80H141N7O26/c1-3-64(30-24-26-42-81-73(94)59-112-56-52-108-48-44-83-75(96)61-110-54-50-106-46-28-31-65(89)38-40-68(79(102)103)86-71(92)34-20-16-12-8-4-6-10-14-18-22-36-77(98)99)70(91)58-85-67(63(2)88)33-25-27-43-82-74(95)60-113-57-53-109-49-45-84-76(97)62-111-55-51-107-47-29-32-66(90)39-41-69(80(104)105)87-72(93)35-21-17-13-9-5-7-11-15-19-23-37-78(100)101/h64,67-69,85H,3-62H2,1-2H3,(H,81,94)(H,82,95)(H,83,96)(H,84,97)(H,86,92)(H,87,93)(H,98,99)(H,100,101)(H,102,103)(H,104,105)/t64-,67-,68-,69-/m0/s1. The first-order chi connectivity index (χ1) is 54.5. The second-order valence-electron chi connectivity index (χ2n) is 28.3. The number of amides is 6. The van der Waals surface area contributed by atoms with Gasteiger partial charge in [0, 0.05) is 96.7 Å². The fourth-order valence-electron chi connectivity index (χ4n) is 11.7. The van der Waals surface area contributed by atoms with Crippen molar-refractivity contribution in [1.29, 1.82) is 0 Å². The second-order valence-corrected chi connectivity index (χ2v) is 28.3. The molecule has 0 aliphatic rings. The van der Waals surface area contributed by atoms with Crippen molar-refractivity contribution in [2.24, 2.45) is 5.92 Å². The number of rotatable bonds is 86. The Morgan fingerprint density at radius 1 is 0.283 bits per heavy atom. The molecule has 11 N–H and O–H groups in total. The number of Topliss-reactive ketones (excluding diaryl/α,β-unsaturated/α-hetero) is 4. The van der Waals surface area contributed by atoms with Crippen LogP contribution in [-0.4, -0.2) is 259 Å². The maximum absolute atomic E-state index is 13.1. The first-order valence-electron chi connectivity index (χ1n) is 41.5. The summed E-state index contributed by atoms with van der Waals surface area (Å²) in [4.78, 5) is 168. The number of hydrogen-bond acceptors (Lipinski definition) is 23.